The van der Waals surface area contributed by atoms with Crippen molar-refractivity contribution in [2.45, 2.75) is 43.8 Å². The van der Waals surface area contributed by atoms with E-state index < -0.39 is 0 Å². The number of hydrogen-bond acceptors (Lipinski definition) is 3. The van der Waals surface area contributed by atoms with Crippen molar-refractivity contribution in [3.8, 4) is 0 Å². The predicted octanol–water partition coefficient (Wildman–Crippen LogP) is 2.96. The molecule has 2 aliphatic rings. The zero-order valence-electron chi connectivity index (χ0n) is 14.2. The molecule has 3 heterocycles. The minimum Gasteiger partial charge on any atom is -0.395 e. The Kier molecular flexibility index (Phi) is 4.72. The van der Waals surface area contributed by atoms with Gasteiger partial charge in [-0.15, -0.1) is 0 Å². The molecule has 0 radical (unpaired) electrons. The average molecular weight is 356 g/mol. The molecule has 6 heteroatoms. The van der Waals surface area contributed by atoms with Gasteiger partial charge >= 0.3 is 0 Å². The summed E-state index contributed by atoms with van der Waals surface area (Å²) in [5, 5.41) is 13.7. The first kappa shape index (κ1) is 16.5. The van der Waals surface area contributed by atoms with E-state index in [-0.39, 0.29) is 18.7 Å². The molecule has 132 valence electrons. The Balaban J connectivity index is 1.74. The molecule has 2 aromatic rings. The monoisotopic (exact) mass is 356 g/mol. The zero-order chi connectivity index (χ0) is 17.2. The summed E-state index contributed by atoms with van der Waals surface area (Å²) in [7, 11) is 0. The quantitative estimate of drug-likeness (QED) is 0.807. The summed E-state index contributed by atoms with van der Waals surface area (Å²) >= 11 is 5.58. The lowest BCUT2D eigenvalue weighted by Crippen LogP contribution is -2.33. The zero-order valence-corrected chi connectivity index (χ0v) is 15.0. The van der Waals surface area contributed by atoms with Gasteiger partial charge < -0.3 is 19.9 Å². The van der Waals surface area contributed by atoms with Crippen LogP contribution >= 0.6 is 12.2 Å². The molecule has 0 spiro atoms. The topological polar surface area (TPSA) is 53.3 Å². The highest BCUT2D eigenvalue weighted by molar-refractivity contribution is 7.80. The fourth-order valence-electron chi connectivity index (χ4n) is 4.25. The number of aromatic nitrogens is 2. The molecule has 0 unspecified atom stereocenters. The summed E-state index contributed by atoms with van der Waals surface area (Å²) in [5.74, 6) is 0. The fraction of sp³-hybridized carbons (Fsp3) is 0.474. The highest BCUT2D eigenvalue weighted by Gasteiger charge is 2.41. The van der Waals surface area contributed by atoms with Gasteiger partial charge in [0.1, 0.15) is 0 Å². The summed E-state index contributed by atoms with van der Waals surface area (Å²) < 4.78 is 2.42. The van der Waals surface area contributed by atoms with E-state index in [4.69, 9.17) is 12.2 Å². The van der Waals surface area contributed by atoms with Gasteiger partial charge in [-0.2, -0.15) is 0 Å². The largest absolute Gasteiger partial charge is 0.395 e. The van der Waals surface area contributed by atoms with Crippen LogP contribution in [-0.2, 0) is 0 Å². The third kappa shape index (κ3) is 3.04. The van der Waals surface area contributed by atoms with Gasteiger partial charge in [0.25, 0.3) is 0 Å². The molecule has 25 heavy (non-hydrogen) atoms. The molecule has 2 fully saturated rings. The number of pyridine rings is 1. The van der Waals surface area contributed by atoms with Crippen LogP contribution in [0.3, 0.4) is 0 Å². The number of rotatable bonds is 5. The third-order valence-corrected chi connectivity index (χ3v) is 5.72. The van der Waals surface area contributed by atoms with Crippen molar-refractivity contribution in [2.24, 2.45) is 0 Å². The first-order valence-corrected chi connectivity index (χ1v) is 9.46. The molecule has 1 saturated carbocycles. The Labute approximate surface area is 153 Å². The van der Waals surface area contributed by atoms with E-state index in [1.54, 1.807) is 0 Å². The van der Waals surface area contributed by atoms with E-state index in [0.717, 1.165) is 5.69 Å². The number of thiocarbonyl (C=S) groups is 1. The van der Waals surface area contributed by atoms with Crippen LogP contribution in [-0.4, -0.2) is 37.8 Å². The van der Waals surface area contributed by atoms with Gasteiger partial charge in [-0.05, 0) is 49.3 Å². The van der Waals surface area contributed by atoms with Crippen LogP contribution in [0.15, 0.2) is 42.7 Å². The molecule has 2 atom stereocenters. The number of nitrogens with zero attached hydrogens (tertiary/aromatic N) is 3. The second-order valence-corrected chi connectivity index (χ2v) is 7.21. The molecule has 2 N–H and O–H groups in total. The van der Waals surface area contributed by atoms with Crippen LogP contribution in [0.5, 0.6) is 0 Å². The number of β-amino-alcohol motifs (C(OH)–C–C–N with tert-alkyl or cyclic N) is 1. The third-order valence-electron chi connectivity index (χ3n) is 5.37. The van der Waals surface area contributed by atoms with E-state index in [0.29, 0.717) is 17.7 Å². The van der Waals surface area contributed by atoms with Crippen LogP contribution in [0.1, 0.15) is 55.2 Å². The average Bonchev–Trinajstić information content (AvgIpc) is 3.36. The number of nitrogens with one attached hydrogen (secondary N) is 1. The summed E-state index contributed by atoms with van der Waals surface area (Å²) in [4.78, 5) is 6.66. The minimum atomic E-state index is -0.00435. The Morgan fingerprint density at radius 1 is 1.20 bits per heavy atom. The van der Waals surface area contributed by atoms with E-state index in [1.807, 2.05) is 24.4 Å². The van der Waals surface area contributed by atoms with Crippen molar-refractivity contribution in [1.29, 1.82) is 0 Å². The highest BCUT2D eigenvalue weighted by atomic mass is 32.1. The van der Waals surface area contributed by atoms with Gasteiger partial charge in [-0.25, -0.2) is 0 Å². The maximum Gasteiger partial charge on any atom is 0.170 e. The molecule has 0 amide bonds. The maximum atomic E-state index is 9.55. The van der Waals surface area contributed by atoms with Gasteiger partial charge in [0, 0.05) is 30.7 Å². The summed E-state index contributed by atoms with van der Waals surface area (Å²) in [6, 6.07) is 10.9. The Hall–Kier alpha value is -1.92. The van der Waals surface area contributed by atoms with Crippen LogP contribution in [0.25, 0.3) is 0 Å². The molecular formula is C19H24N4OS. The first-order chi connectivity index (χ1) is 12.3. The fourth-order valence-corrected chi connectivity index (χ4v) is 4.58. The molecular weight excluding hydrogens is 332 g/mol. The van der Waals surface area contributed by atoms with Gasteiger partial charge in [-0.3, -0.25) is 4.98 Å². The van der Waals surface area contributed by atoms with Crippen molar-refractivity contribution < 1.29 is 5.11 Å². The normalized spacial score (nSPS) is 24.0. The standard InChI is InChI=1S/C19H24N4OS/c24-13-12-23-18(16-9-5-11-22(16)14-6-1-2-7-14)17(21-19(23)25)15-8-3-4-10-20-15/h3-5,8-11,14,17-18,24H,1-2,6-7,12-13H2,(H,21,25)/t17-,18+/m1/s1. The molecule has 5 nitrogen and oxygen atoms in total. The lowest BCUT2D eigenvalue weighted by Gasteiger charge is -2.30. The van der Waals surface area contributed by atoms with Crippen LogP contribution in [0.2, 0.25) is 0 Å². The smallest absolute Gasteiger partial charge is 0.170 e. The highest BCUT2D eigenvalue weighted by Crippen LogP contribution is 2.41. The first-order valence-electron chi connectivity index (χ1n) is 9.05. The van der Waals surface area contributed by atoms with E-state index in [2.05, 4.69) is 38.1 Å². The minimum absolute atomic E-state index is 0.00435. The molecule has 1 aliphatic heterocycles. The summed E-state index contributed by atoms with van der Waals surface area (Å²) in [6.45, 7) is 0.604. The van der Waals surface area contributed by atoms with Crippen molar-refractivity contribution >= 4 is 17.3 Å². The van der Waals surface area contributed by atoms with Crippen molar-refractivity contribution in [3.05, 3.63) is 54.1 Å². The van der Waals surface area contributed by atoms with E-state index in [1.165, 1.54) is 31.4 Å². The lowest BCUT2D eigenvalue weighted by atomic mass is 10.0. The van der Waals surface area contributed by atoms with E-state index >= 15 is 0 Å². The van der Waals surface area contributed by atoms with Gasteiger partial charge in [-0.1, -0.05) is 18.9 Å². The van der Waals surface area contributed by atoms with Crippen molar-refractivity contribution in [1.82, 2.24) is 19.8 Å². The SMILES string of the molecule is OCCN1C(=S)N[C@H](c2ccccn2)[C@@H]1c1cccn1C1CCCC1. The van der Waals surface area contributed by atoms with Gasteiger partial charge in [0.15, 0.2) is 5.11 Å². The van der Waals surface area contributed by atoms with Crippen molar-refractivity contribution in [3.63, 3.8) is 0 Å². The number of aliphatic hydroxyl groups is 1. The maximum absolute atomic E-state index is 9.55. The van der Waals surface area contributed by atoms with Crippen LogP contribution in [0, 0.1) is 0 Å². The molecule has 4 rings (SSSR count). The number of hydrogen-bond donors (Lipinski definition) is 2. The molecule has 1 saturated heterocycles. The van der Waals surface area contributed by atoms with Crippen molar-refractivity contribution in [2.75, 3.05) is 13.2 Å². The summed E-state index contributed by atoms with van der Waals surface area (Å²) in [6.07, 6.45) is 9.09. The number of aliphatic hydroxyl groups excluding tert-OH is 1. The van der Waals surface area contributed by atoms with Gasteiger partial charge in [0.2, 0.25) is 0 Å². The molecule has 2 aromatic heterocycles. The predicted molar refractivity (Wildman–Crippen MR) is 101 cm³/mol. The second-order valence-electron chi connectivity index (χ2n) is 6.82. The Morgan fingerprint density at radius 2 is 2.04 bits per heavy atom. The Morgan fingerprint density at radius 3 is 2.76 bits per heavy atom. The summed E-state index contributed by atoms with van der Waals surface area (Å²) in [5.41, 5.74) is 2.23. The molecule has 0 aromatic carbocycles. The van der Waals surface area contributed by atoms with E-state index in [9.17, 15) is 5.11 Å². The Bertz CT molecular complexity index is 726. The second kappa shape index (κ2) is 7.14. The van der Waals surface area contributed by atoms with Gasteiger partial charge in [0.05, 0.1) is 24.4 Å². The molecule has 1 aliphatic carbocycles. The molecule has 0 bridgehead atoms. The van der Waals surface area contributed by atoms with Crippen LogP contribution < -0.4 is 5.32 Å². The lowest BCUT2D eigenvalue weighted by molar-refractivity contribution is 0.217. The van der Waals surface area contributed by atoms with Crippen LogP contribution in [0.4, 0.5) is 0 Å².